The molecule has 1 heterocycles. The Hall–Kier alpha value is -1.67. The quantitative estimate of drug-likeness (QED) is 0.811. The number of anilines is 1. The summed E-state index contributed by atoms with van der Waals surface area (Å²) >= 11 is 0. The van der Waals surface area contributed by atoms with Crippen LogP contribution < -0.4 is 5.32 Å². The molecule has 7 heteroatoms. The lowest BCUT2D eigenvalue weighted by Gasteiger charge is -2.26. The van der Waals surface area contributed by atoms with E-state index in [2.05, 4.69) is 10.2 Å². The minimum Gasteiger partial charge on any atom is -0.383 e. The molecule has 1 aliphatic rings. The molecule has 23 heavy (non-hydrogen) atoms. The zero-order valence-corrected chi connectivity index (χ0v) is 13.6. The molecule has 1 fully saturated rings. The normalized spacial score (nSPS) is 16.6. The lowest BCUT2D eigenvalue weighted by Crippen LogP contribution is -2.39. The number of nitrogens with zero attached hydrogens (tertiary/aromatic N) is 1. The summed E-state index contributed by atoms with van der Waals surface area (Å²) in [7, 11) is -4.23. The van der Waals surface area contributed by atoms with Crippen molar-refractivity contribution in [1.82, 2.24) is 4.90 Å². The molecule has 2 aromatic carbocycles. The van der Waals surface area contributed by atoms with Crippen molar-refractivity contribution in [3.63, 3.8) is 0 Å². The first kappa shape index (κ1) is 16.2. The first-order chi connectivity index (χ1) is 11.1. The van der Waals surface area contributed by atoms with Gasteiger partial charge >= 0.3 is 0 Å². The van der Waals surface area contributed by atoms with Crippen LogP contribution in [0.25, 0.3) is 10.8 Å². The zero-order chi connectivity index (χ0) is 16.3. The van der Waals surface area contributed by atoms with Gasteiger partial charge in [-0.2, -0.15) is 8.42 Å². The number of rotatable bonds is 5. The third-order valence-corrected chi connectivity index (χ3v) is 4.92. The van der Waals surface area contributed by atoms with E-state index in [0.717, 1.165) is 50.5 Å². The van der Waals surface area contributed by atoms with Crippen LogP contribution in [0.4, 0.5) is 5.69 Å². The number of morpholine rings is 1. The maximum Gasteiger partial charge on any atom is 0.295 e. The van der Waals surface area contributed by atoms with Crippen LogP contribution in [0.5, 0.6) is 0 Å². The molecule has 0 aromatic heterocycles. The summed E-state index contributed by atoms with van der Waals surface area (Å²) in [5, 5.41) is 4.66. The van der Waals surface area contributed by atoms with E-state index in [1.54, 1.807) is 18.2 Å². The van der Waals surface area contributed by atoms with Crippen LogP contribution in [0, 0.1) is 0 Å². The van der Waals surface area contributed by atoms with E-state index >= 15 is 0 Å². The van der Waals surface area contributed by atoms with Crippen LogP contribution in [0.2, 0.25) is 0 Å². The Bertz CT molecular complexity index is 786. The van der Waals surface area contributed by atoms with E-state index < -0.39 is 10.1 Å². The number of hydrogen-bond acceptors (Lipinski definition) is 5. The molecule has 0 bridgehead atoms. The maximum atomic E-state index is 11.5. The number of benzene rings is 2. The van der Waals surface area contributed by atoms with Crippen LogP contribution in [-0.4, -0.2) is 57.3 Å². The highest BCUT2D eigenvalue weighted by Crippen LogP contribution is 2.28. The predicted molar refractivity (Wildman–Crippen MR) is 89.5 cm³/mol. The molecule has 0 unspecified atom stereocenters. The summed E-state index contributed by atoms with van der Waals surface area (Å²) in [6.07, 6.45) is 0. The fourth-order valence-corrected chi connectivity index (χ4v) is 3.54. The van der Waals surface area contributed by atoms with Crippen molar-refractivity contribution in [2.75, 3.05) is 44.7 Å². The summed E-state index contributed by atoms with van der Waals surface area (Å²) in [5.74, 6) is 0. The maximum absolute atomic E-state index is 11.5. The van der Waals surface area contributed by atoms with Gasteiger partial charge in [0.25, 0.3) is 10.1 Å². The molecule has 0 spiro atoms. The summed E-state index contributed by atoms with van der Waals surface area (Å²) < 4.78 is 37.7. The molecule has 1 saturated heterocycles. The Balaban J connectivity index is 1.78. The van der Waals surface area contributed by atoms with E-state index in [0.29, 0.717) is 5.39 Å². The molecular weight excluding hydrogens is 316 g/mol. The fraction of sp³-hybridized carbons (Fsp3) is 0.375. The smallest absolute Gasteiger partial charge is 0.295 e. The van der Waals surface area contributed by atoms with E-state index in [9.17, 15) is 13.0 Å². The highest BCUT2D eigenvalue weighted by molar-refractivity contribution is 7.86. The van der Waals surface area contributed by atoms with Crippen molar-refractivity contribution in [2.24, 2.45) is 0 Å². The van der Waals surface area contributed by atoms with Gasteiger partial charge in [-0.25, -0.2) is 0 Å². The van der Waals surface area contributed by atoms with Gasteiger partial charge in [-0.15, -0.1) is 0 Å². The summed E-state index contributed by atoms with van der Waals surface area (Å²) in [6, 6.07) is 10.3. The number of nitrogens with one attached hydrogen (secondary N) is 1. The molecule has 0 radical (unpaired) electrons. The monoisotopic (exact) mass is 336 g/mol. The van der Waals surface area contributed by atoms with Crippen LogP contribution in [0.3, 0.4) is 0 Å². The van der Waals surface area contributed by atoms with Gasteiger partial charge in [0.15, 0.2) is 0 Å². The van der Waals surface area contributed by atoms with Gasteiger partial charge in [0.2, 0.25) is 0 Å². The highest BCUT2D eigenvalue weighted by Gasteiger charge is 2.15. The number of fused-ring (bicyclic) bond motifs is 1. The third kappa shape index (κ3) is 3.81. The predicted octanol–water partition coefficient (Wildman–Crippen LogP) is 1.83. The molecule has 2 aromatic rings. The molecule has 0 atom stereocenters. The van der Waals surface area contributed by atoms with Gasteiger partial charge in [-0.3, -0.25) is 9.45 Å². The molecular formula is C16H20N2O4S. The van der Waals surface area contributed by atoms with Crippen molar-refractivity contribution in [3.05, 3.63) is 36.4 Å². The van der Waals surface area contributed by atoms with Crippen LogP contribution in [0.1, 0.15) is 0 Å². The topological polar surface area (TPSA) is 78.9 Å². The van der Waals surface area contributed by atoms with Crippen molar-refractivity contribution >= 4 is 26.6 Å². The fourth-order valence-electron chi connectivity index (χ4n) is 2.83. The lowest BCUT2D eigenvalue weighted by atomic mass is 10.1. The molecule has 3 rings (SSSR count). The second kappa shape index (κ2) is 6.84. The Labute approximate surface area is 135 Å². The molecule has 0 saturated carbocycles. The average Bonchev–Trinajstić information content (AvgIpc) is 2.54. The minimum atomic E-state index is -4.23. The standard InChI is InChI=1S/C16H20N2O4S/c19-23(20,21)16-6-2-3-13-14(16)4-1-5-15(13)17-7-8-18-9-11-22-12-10-18/h1-6,17H,7-12H2,(H,19,20,21). The Morgan fingerprint density at radius 2 is 1.78 bits per heavy atom. The second-order valence-corrected chi connectivity index (χ2v) is 6.90. The summed E-state index contributed by atoms with van der Waals surface area (Å²) in [6.45, 7) is 5.07. The van der Waals surface area contributed by atoms with Crippen molar-refractivity contribution in [2.45, 2.75) is 4.90 Å². The second-order valence-electron chi connectivity index (χ2n) is 5.51. The van der Waals surface area contributed by atoms with Crippen LogP contribution in [-0.2, 0) is 14.9 Å². The van der Waals surface area contributed by atoms with Crippen molar-refractivity contribution in [1.29, 1.82) is 0 Å². The first-order valence-electron chi connectivity index (χ1n) is 7.59. The van der Waals surface area contributed by atoms with Crippen LogP contribution >= 0.6 is 0 Å². The summed E-state index contributed by atoms with van der Waals surface area (Å²) in [5.41, 5.74) is 0.862. The SMILES string of the molecule is O=S(=O)(O)c1cccc2c(NCCN3CCOCC3)cccc12. The first-order valence-corrected chi connectivity index (χ1v) is 9.03. The molecule has 2 N–H and O–H groups in total. The summed E-state index contributed by atoms with van der Waals surface area (Å²) in [4.78, 5) is 2.26. The molecule has 124 valence electrons. The Kier molecular flexibility index (Phi) is 4.82. The van der Waals surface area contributed by atoms with Gasteiger partial charge in [0, 0.05) is 42.6 Å². The van der Waals surface area contributed by atoms with E-state index in [-0.39, 0.29) is 4.90 Å². The number of ether oxygens (including phenoxy) is 1. The van der Waals surface area contributed by atoms with E-state index in [4.69, 9.17) is 4.74 Å². The Morgan fingerprint density at radius 1 is 1.09 bits per heavy atom. The molecule has 0 amide bonds. The van der Waals surface area contributed by atoms with Gasteiger partial charge < -0.3 is 10.1 Å². The molecule has 0 aliphatic carbocycles. The third-order valence-electron chi connectivity index (χ3n) is 4.01. The molecule has 6 nitrogen and oxygen atoms in total. The van der Waals surface area contributed by atoms with Gasteiger partial charge in [-0.05, 0) is 12.1 Å². The van der Waals surface area contributed by atoms with E-state index in [1.165, 1.54) is 6.07 Å². The van der Waals surface area contributed by atoms with Crippen LogP contribution in [0.15, 0.2) is 41.3 Å². The Morgan fingerprint density at radius 3 is 2.52 bits per heavy atom. The number of hydrogen-bond donors (Lipinski definition) is 2. The van der Waals surface area contributed by atoms with E-state index in [1.807, 2.05) is 12.1 Å². The average molecular weight is 336 g/mol. The highest BCUT2D eigenvalue weighted by atomic mass is 32.2. The lowest BCUT2D eigenvalue weighted by molar-refractivity contribution is 0.0398. The van der Waals surface area contributed by atoms with Gasteiger partial charge in [-0.1, -0.05) is 24.3 Å². The van der Waals surface area contributed by atoms with Crippen molar-refractivity contribution in [3.8, 4) is 0 Å². The van der Waals surface area contributed by atoms with Gasteiger partial charge in [0.1, 0.15) is 4.90 Å². The van der Waals surface area contributed by atoms with Crippen molar-refractivity contribution < 1.29 is 17.7 Å². The molecule has 1 aliphatic heterocycles. The zero-order valence-electron chi connectivity index (χ0n) is 12.7. The van der Waals surface area contributed by atoms with Gasteiger partial charge in [0.05, 0.1) is 13.2 Å². The largest absolute Gasteiger partial charge is 0.383 e. The minimum absolute atomic E-state index is 0.0631.